The van der Waals surface area contributed by atoms with E-state index >= 15 is 0 Å². The third kappa shape index (κ3) is 2.12. The molecule has 0 bridgehead atoms. The molecule has 27 heavy (non-hydrogen) atoms. The number of para-hydroxylation sites is 2. The van der Waals surface area contributed by atoms with Gasteiger partial charge in [-0.05, 0) is 41.7 Å². The number of benzene rings is 3. The van der Waals surface area contributed by atoms with Crippen LogP contribution in [0.15, 0.2) is 84.4 Å². The predicted molar refractivity (Wildman–Crippen MR) is 110 cm³/mol. The van der Waals surface area contributed by atoms with Crippen molar-refractivity contribution in [2.75, 3.05) is 5.32 Å². The monoisotopic (exact) mass is 349 g/mol. The Morgan fingerprint density at radius 2 is 1.59 bits per heavy atom. The van der Waals surface area contributed by atoms with Crippen LogP contribution in [-0.4, -0.2) is 9.55 Å². The van der Waals surface area contributed by atoms with E-state index in [-0.39, 0.29) is 6.04 Å². The molecule has 3 nitrogen and oxygen atoms in total. The summed E-state index contributed by atoms with van der Waals surface area (Å²) >= 11 is 0. The van der Waals surface area contributed by atoms with E-state index in [4.69, 9.17) is 4.98 Å². The first-order valence-electron chi connectivity index (χ1n) is 9.50. The fourth-order valence-electron chi connectivity index (χ4n) is 4.62. The van der Waals surface area contributed by atoms with Gasteiger partial charge in [-0.2, -0.15) is 0 Å². The van der Waals surface area contributed by atoms with Crippen LogP contribution in [0.4, 0.5) is 5.95 Å². The normalized spacial score (nSPS) is 17.9. The minimum absolute atomic E-state index is 0.179. The average molecular weight is 349 g/mol. The first-order valence-corrected chi connectivity index (χ1v) is 9.50. The minimum Gasteiger partial charge on any atom is -0.325 e. The molecule has 1 unspecified atom stereocenters. The van der Waals surface area contributed by atoms with Gasteiger partial charge in [-0.1, -0.05) is 66.7 Å². The van der Waals surface area contributed by atoms with Crippen molar-refractivity contribution in [3.05, 3.63) is 101 Å². The SMILES string of the molecule is c1ccc(C2C3=C(Nc4nc5ccccc5n42)c2ccccc2CC3)cc1. The smallest absolute Gasteiger partial charge is 0.209 e. The second-order valence-electron chi connectivity index (χ2n) is 7.29. The van der Waals surface area contributed by atoms with Gasteiger partial charge in [0.15, 0.2) is 0 Å². The average Bonchev–Trinajstić information content (AvgIpc) is 3.11. The molecule has 4 aromatic rings. The van der Waals surface area contributed by atoms with Crippen molar-refractivity contribution in [3.8, 4) is 0 Å². The Labute approximate surface area is 158 Å². The van der Waals surface area contributed by atoms with Crippen LogP contribution >= 0.6 is 0 Å². The third-order valence-electron chi connectivity index (χ3n) is 5.81. The molecule has 6 rings (SSSR count). The molecule has 0 spiro atoms. The number of hydrogen-bond donors (Lipinski definition) is 1. The summed E-state index contributed by atoms with van der Waals surface area (Å²) in [6.45, 7) is 0. The number of fused-ring (bicyclic) bond motifs is 5. The first kappa shape index (κ1) is 14.8. The standard InChI is InChI=1S/C24H19N3/c1-2-9-17(10-3-1)23-19-15-14-16-8-4-5-11-18(16)22(19)26-24-25-20-12-6-7-13-21(20)27(23)24/h1-13,23H,14-15H2,(H,25,26). The molecular weight excluding hydrogens is 330 g/mol. The zero-order valence-electron chi connectivity index (χ0n) is 14.9. The number of nitrogens with zero attached hydrogens (tertiary/aromatic N) is 2. The summed E-state index contributed by atoms with van der Waals surface area (Å²) in [5.41, 5.74) is 8.96. The Bertz CT molecular complexity index is 1200. The Hall–Kier alpha value is -3.33. The predicted octanol–water partition coefficient (Wildman–Crippen LogP) is 5.41. The van der Waals surface area contributed by atoms with Crippen LogP contribution in [0.2, 0.25) is 0 Å². The van der Waals surface area contributed by atoms with Crippen LogP contribution in [0, 0.1) is 0 Å². The van der Waals surface area contributed by atoms with Gasteiger partial charge in [0.25, 0.3) is 0 Å². The van der Waals surface area contributed by atoms with Crippen LogP contribution in [0.5, 0.6) is 0 Å². The Morgan fingerprint density at radius 1 is 0.815 bits per heavy atom. The van der Waals surface area contributed by atoms with Crippen molar-refractivity contribution in [3.63, 3.8) is 0 Å². The molecule has 0 saturated heterocycles. The van der Waals surface area contributed by atoms with E-state index < -0.39 is 0 Å². The summed E-state index contributed by atoms with van der Waals surface area (Å²) in [6.07, 6.45) is 2.15. The number of hydrogen-bond acceptors (Lipinski definition) is 2. The van der Waals surface area contributed by atoms with Crippen LogP contribution in [0.1, 0.15) is 29.2 Å². The molecule has 3 heteroatoms. The largest absolute Gasteiger partial charge is 0.325 e. The maximum absolute atomic E-state index is 4.91. The second kappa shape index (κ2) is 5.58. The zero-order valence-corrected chi connectivity index (χ0v) is 14.9. The molecule has 1 aliphatic heterocycles. The third-order valence-corrected chi connectivity index (χ3v) is 5.81. The molecule has 1 N–H and O–H groups in total. The number of aryl methyl sites for hydroxylation is 1. The lowest BCUT2D eigenvalue weighted by atomic mass is 9.82. The fraction of sp³-hybridized carbons (Fsp3) is 0.125. The summed E-state index contributed by atoms with van der Waals surface area (Å²) in [7, 11) is 0. The number of nitrogens with one attached hydrogen (secondary N) is 1. The molecule has 2 heterocycles. The van der Waals surface area contributed by atoms with Crippen molar-refractivity contribution in [1.82, 2.24) is 9.55 Å². The first-order chi connectivity index (χ1) is 13.4. The van der Waals surface area contributed by atoms with E-state index in [1.54, 1.807) is 0 Å². The molecule has 1 aromatic heterocycles. The summed E-state index contributed by atoms with van der Waals surface area (Å²) in [5.74, 6) is 0.931. The van der Waals surface area contributed by atoms with E-state index in [0.717, 1.165) is 24.3 Å². The summed E-state index contributed by atoms with van der Waals surface area (Å²) in [4.78, 5) is 4.91. The van der Waals surface area contributed by atoms with E-state index in [1.807, 2.05) is 0 Å². The number of imidazole rings is 1. The molecular formula is C24H19N3. The molecule has 3 aromatic carbocycles. The van der Waals surface area contributed by atoms with Crippen LogP contribution in [0.3, 0.4) is 0 Å². The molecule has 0 fully saturated rings. The van der Waals surface area contributed by atoms with Crippen LogP contribution in [0.25, 0.3) is 16.7 Å². The van der Waals surface area contributed by atoms with Crippen LogP contribution in [-0.2, 0) is 6.42 Å². The number of aromatic nitrogens is 2. The van der Waals surface area contributed by atoms with Gasteiger partial charge >= 0.3 is 0 Å². The lowest BCUT2D eigenvalue weighted by Gasteiger charge is -2.35. The molecule has 1 atom stereocenters. The van der Waals surface area contributed by atoms with Gasteiger partial charge in [-0.3, -0.25) is 4.57 Å². The van der Waals surface area contributed by atoms with Gasteiger partial charge in [0.1, 0.15) is 0 Å². The number of anilines is 1. The Kier molecular flexibility index (Phi) is 3.06. The number of allylic oxidation sites excluding steroid dienone is 1. The topological polar surface area (TPSA) is 29.9 Å². The summed E-state index contributed by atoms with van der Waals surface area (Å²) < 4.78 is 2.37. The lowest BCUT2D eigenvalue weighted by Crippen LogP contribution is -2.26. The minimum atomic E-state index is 0.179. The van der Waals surface area contributed by atoms with Gasteiger partial charge in [0.2, 0.25) is 5.95 Å². The maximum Gasteiger partial charge on any atom is 0.209 e. The second-order valence-corrected chi connectivity index (χ2v) is 7.29. The zero-order chi connectivity index (χ0) is 17.8. The highest BCUT2D eigenvalue weighted by molar-refractivity contribution is 5.88. The molecule has 0 saturated carbocycles. The van der Waals surface area contributed by atoms with Gasteiger partial charge in [0.05, 0.1) is 22.8 Å². The quantitative estimate of drug-likeness (QED) is 0.498. The Morgan fingerprint density at radius 3 is 2.52 bits per heavy atom. The van der Waals surface area contributed by atoms with Gasteiger partial charge in [-0.25, -0.2) is 4.98 Å². The fourth-order valence-corrected chi connectivity index (χ4v) is 4.62. The summed E-state index contributed by atoms with van der Waals surface area (Å²) in [6, 6.07) is 28.2. The highest BCUT2D eigenvalue weighted by Crippen LogP contribution is 2.45. The van der Waals surface area contributed by atoms with Crippen molar-refractivity contribution in [2.24, 2.45) is 0 Å². The van der Waals surface area contributed by atoms with E-state index in [9.17, 15) is 0 Å². The van der Waals surface area contributed by atoms with Crippen molar-refractivity contribution in [2.45, 2.75) is 18.9 Å². The van der Waals surface area contributed by atoms with E-state index in [1.165, 1.54) is 33.5 Å². The highest BCUT2D eigenvalue weighted by atomic mass is 15.3. The molecule has 0 radical (unpaired) electrons. The lowest BCUT2D eigenvalue weighted by molar-refractivity contribution is 0.641. The molecule has 130 valence electrons. The van der Waals surface area contributed by atoms with Crippen molar-refractivity contribution >= 4 is 22.7 Å². The van der Waals surface area contributed by atoms with Gasteiger partial charge < -0.3 is 5.32 Å². The molecule has 0 amide bonds. The van der Waals surface area contributed by atoms with Crippen molar-refractivity contribution in [1.29, 1.82) is 0 Å². The molecule has 2 aliphatic rings. The van der Waals surface area contributed by atoms with E-state index in [2.05, 4.69) is 88.7 Å². The maximum atomic E-state index is 4.91. The van der Waals surface area contributed by atoms with Crippen molar-refractivity contribution < 1.29 is 0 Å². The van der Waals surface area contributed by atoms with E-state index in [0.29, 0.717) is 0 Å². The van der Waals surface area contributed by atoms with Crippen LogP contribution < -0.4 is 5.32 Å². The Balaban J connectivity index is 1.66. The molecule has 1 aliphatic carbocycles. The highest BCUT2D eigenvalue weighted by Gasteiger charge is 2.34. The summed E-state index contributed by atoms with van der Waals surface area (Å²) in [5, 5.41) is 3.68. The number of rotatable bonds is 1. The van der Waals surface area contributed by atoms with Gasteiger partial charge in [-0.15, -0.1) is 0 Å². The van der Waals surface area contributed by atoms with Gasteiger partial charge in [0, 0.05) is 5.56 Å².